The van der Waals surface area contributed by atoms with Crippen LogP contribution in [0.4, 0.5) is 37.7 Å². The number of rotatable bonds is 14. The number of alkyl halides is 2. The number of nitrogens with two attached hydrogens (primary N) is 1. The van der Waals surface area contributed by atoms with Gasteiger partial charge in [-0.05, 0) is 74.2 Å². The number of hydrogen-bond acceptors (Lipinski definition) is 10. The minimum Gasteiger partial charge on any atom is -0.344 e. The van der Waals surface area contributed by atoms with E-state index in [9.17, 15) is 67.2 Å². The van der Waals surface area contributed by atoms with Crippen molar-refractivity contribution in [1.29, 1.82) is 0 Å². The highest BCUT2D eigenvalue weighted by atomic mass is 35.5. The van der Waals surface area contributed by atoms with Gasteiger partial charge in [0.15, 0.2) is 11.6 Å². The van der Waals surface area contributed by atoms with Crippen LogP contribution in [0.1, 0.15) is 57.5 Å². The lowest BCUT2D eigenvalue weighted by molar-refractivity contribution is -0.131. The number of halogens is 8. The van der Waals surface area contributed by atoms with Crippen LogP contribution >= 0.6 is 23.2 Å². The van der Waals surface area contributed by atoms with Crippen molar-refractivity contribution in [3.8, 4) is 0 Å². The average molecular weight is 1020 g/mol. The number of Topliss-reactive ketones (excluding diaryl/α,β-unsaturated/α-hetero) is 2. The summed E-state index contributed by atoms with van der Waals surface area (Å²) in [6.45, 7) is -1.56. The molecular formula is C44H42Cl2F6N4O9S2. The summed E-state index contributed by atoms with van der Waals surface area (Å²) in [5.41, 5.74) is 5.75. The molecule has 0 bridgehead atoms. The predicted octanol–water partition coefficient (Wildman–Crippen LogP) is 6.66. The van der Waals surface area contributed by atoms with Gasteiger partial charge in [0.05, 0.1) is 59.2 Å². The van der Waals surface area contributed by atoms with Crippen molar-refractivity contribution in [2.75, 3.05) is 45.9 Å². The molecule has 0 aliphatic carbocycles. The Kier molecular flexibility index (Phi) is 17.8. The molecule has 2 aliphatic rings. The maximum atomic E-state index is 14.9. The van der Waals surface area contributed by atoms with E-state index in [1.165, 1.54) is 53.4 Å². The predicted molar refractivity (Wildman–Crippen MR) is 237 cm³/mol. The van der Waals surface area contributed by atoms with Gasteiger partial charge in [0.2, 0.25) is 11.8 Å². The highest BCUT2D eigenvalue weighted by Crippen LogP contribution is 2.31. The highest BCUT2D eigenvalue weighted by Gasteiger charge is 2.34. The van der Waals surface area contributed by atoms with Crippen molar-refractivity contribution in [3.63, 3.8) is 0 Å². The number of carbonyl (C=O) groups excluding carboxylic acids is 5. The molecule has 2 saturated heterocycles. The van der Waals surface area contributed by atoms with Crippen molar-refractivity contribution in [2.24, 2.45) is 17.6 Å². The summed E-state index contributed by atoms with van der Waals surface area (Å²) >= 11 is 11.7. The van der Waals surface area contributed by atoms with Crippen LogP contribution in [-0.4, -0.2) is 88.6 Å². The standard InChI is InChI=1S/C23H21ClF4N2O5S.C21H21ClF2N2O4S/c24-17-10-16(3-4-18(17)25)30(23(33)13-5-7-36(34,35)8-6-13)12-15-2-1-14(9-19(15)26)20(31)11-29-22(32)21(27)28;22-17-10-16(3-4-18(17)23)26(21(28)13-5-7-31(29,30)8-6-13)12-15-2-1-14(9-19(15)24)20(27)11-25/h1-4,9-10,13,21H,5-8,11-12H2,(H,29,32);1-4,9-10,13H,5-8,11-12,25H2. The molecule has 2 aliphatic heterocycles. The molecule has 0 atom stereocenters. The Morgan fingerprint density at radius 2 is 0.985 bits per heavy atom. The number of amides is 3. The zero-order valence-corrected chi connectivity index (χ0v) is 38.3. The maximum absolute atomic E-state index is 14.9. The monoisotopic (exact) mass is 1020 g/mol. The van der Waals surface area contributed by atoms with Crippen molar-refractivity contribution < 1.29 is 67.2 Å². The highest BCUT2D eigenvalue weighted by molar-refractivity contribution is 7.91. The normalized spacial score (nSPS) is 15.8. The lowest BCUT2D eigenvalue weighted by Gasteiger charge is -2.30. The first-order chi connectivity index (χ1) is 31.5. The lowest BCUT2D eigenvalue weighted by Crippen LogP contribution is -2.39. The number of sulfone groups is 2. The van der Waals surface area contributed by atoms with Crippen LogP contribution in [0.15, 0.2) is 72.8 Å². The molecular weight excluding hydrogens is 978 g/mol. The van der Waals surface area contributed by atoms with Gasteiger partial charge in [-0.15, -0.1) is 0 Å². The summed E-state index contributed by atoms with van der Waals surface area (Å²) in [6, 6.07) is 14.3. The molecule has 2 fully saturated rings. The number of nitrogens with zero attached hydrogens (tertiary/aromatic N) is 2. The number of benzene rings is 4. The van der Waals surface area contributed by atoms with Crippen LogP contribution < -0.4 is 20.9 Å². The summed E-state index contributed by atoms with van der Waals surface area (Å²) < 4.78 is 128. The fourth-order valence-electron chi connectivity index (χ4n) is 7.12. The Morgan fingerprint density at radius 3 is 1.33 bits per heavy atom. The number of anilines is 2. The van der Waals surface area contributed by atoms with Crippen LogP contribution in [-0.2, 0) is 47.1 Å². The van der Waals surface area contributed by atoms with Crippen LogP contribution in [0.2, 0.25) is 10.0 Å². The molecule has 4 aromatic rings. The van der Waals surface area contributed by atoms with Gasteiger partial charge in [-0.1, -0.05) is 47.5 Å². The number of hydrogen-bond donors (Lipinski definition) is 2. The Labute approximate surface area is 391 Å². The van der Waals surface area contributed by atoms with Crippen LogP contribution in [0.3, 0.4) is 0 Å². The first kappa shape index (κ1) is 52.6. The van der Waals surface area contributed by atoms with Gasteiger partial charge in [-0.25, -0.2) is 34.4 Å². The maximum Gasteiger partial charge on any atom is 0.315 e. The van der Waals surface area contributed by atoms with E-state index in [2.05, 4.69) is 0 Å². The number of carbonyl (C=O) groups is 5. The number of ketones is 2. The molecule has 0 spiro atoms. The van der Waals surface area contributed by atoms with E-state index in [0.717, 1.165) is 29.2 Å². The molecule has 6 rings (SSSR count). The molecule has 2 heterocycles. The van der Waals surface area contributed by atoms with E-state index in [0.29, 0.717) is 0 Å². The first-order valence-corrected chi connectivity index (χ1v) is 24.7. The van der Waals surface area contributed by atoms with Crippen molar-refractivity contribution in [1.82, 2.24) is 5.32 Å². The van der Waals surface area contributed by atoms with Gasteiger partial charge in [-0.3, -0.25) is 24.0 Å². The fourth-order valence-corrected chi connectivity index (χ4v) is 10.4. The van der Waals surface area contributed by atoms with E-state index in [4.69, 9.17) is 28.9 Å². The third-order valence-electron chi connectivity index (χ3n) is 11.0. The van der Waals surface area contributed by atoms with E-state index in [1.54, 1.807) is 5.32 Å². The van der Waals surface area contributed by atoms with Crippen molar-refractivity contribution in [2.45, 2.75) is 45.2 Å². The number of nitrogens with one attached hydrogen (secondary N) is 1. The average Bonchev–Trinajstić information content (AvgIpc) is 3.28. The van der Waals surface area contributed by atoms with E-state index >= 15 is 0 Å². The Balaban J connectivity index is 0.000000254. The molecule has 3 N–H and O–H groups in total. The summed E-state index contributed by atoms with van der Waals surface area (Å²) in [6.07, 6.45) is -2.85. The van der Waals surface area contributed by atoms with Gasteiger partial charge in [0.25, 0.3) is 5.91 Å². The fraction of sp³-hybridized carbons (Fsp3) is 0.341. The molecule has 360 valence electrons. The molecule has 0 aromatic heterocycles. The van der Waals surface area contributed by atoms with Crippen molar-refractivity contribution in [3.05, 3.63) is 128 Å². The summed E-state index contributed by atoms with van der Waals surface area (Å²) in [5.74, 6) is -8.56. The van der Waals surface area contributed by atoms with Gasteiger partial charge in [0, 0.05) is 45.5 Å². The second-order valence-corrected chi connectivity index (χ2v) is 21.0. The smallest absolute Gasteiger partial charge is 0.315 e. The lowest BCUT2D eigenvalue weighted by atomic mass is 9.99. The summed E-state index contributed by atoms with van der Waals surface area (Å²) in [5, 5.41) is 1.26. The minimum absolute atomic E-state index is 0.0274. The minimum atomic E-state index is -3.30. The summed E-state index contributed by atoms with van der Waals surface area (Å²) in [4.78, 5) is 63.8. The Bertz CT molecular complexity index is 2760. The van der Waals surface area contributed by atoms with E-state index < -0.39 is 97.0 Å². The molecule has 13 nitrogen and oxygen atoms in total. The second kappa shape index (κ2) is 22.6. The van der Waals surface area contributed by atoms with Crippen LogP contribution in [0.25, 0.3) is 0 Å². The van der Waals surface area contributed by atoms with Crippen LogP contribution in [0, 0.1) is 35.1 Å². The van der Waals surface area contributed by atoms with Gasteiger partial charge in [-0.2, -0.15) is 8.78 Å². The Morgan fingerprint density at radius 1 is 0.597 bits per heavy atom. The molecule has 23 heteroatoms. The zero-order valence-electron chi connectivity index (χ0n) is 35.1. The zero-order chi connectivity index (χ0) is 49.4. The molecule has 67 heavy (non-hydrogen) atoms. The van der Waals surface area contributed by atoms with Crippen LogP contribution in [0.5, 0.6) is 0 Å². The quantitative estimate of drug-likeness (QED) is 0.102. The molecule has 4 aromatic carbocycles. The molecule has 0 radical (unpaired) electrons. The first-order valence-electron chi connectivity index (χ1n) is 20.3. The van der Waals surface area contributed by atoms with Gasteiger partial charge >= 0.3 is 6.43 Å². The largest absolute Gasteiger partial charge is 0.344 e. The second-order valence-electron chi connectivity index (χ2n) is 15.6. The summed E-state index contributed by atoms with van der Waals surface area (Å²) in [7, 11) is -6.42. The van der Waals surface area contributed by atoms with E-state index in [1.807, 2.05) is 0 Å². The topological polar surface area (TPSA) is 198 Å². The third-order valence-corrected chi connectivity index (χ3v) is 15.0. The Hall–Kier alpha value is -5.35. The molecule has 0 saturated carbocycles. The molecule has 3 amide bonds. The van der Waals surface area contributed by atoms with Gasteiger partial charge < -0.3 is 20.9 Å². The molecule has 0 unspecified atom stereocenters. The van der Waals surface area contributed by atoms with Crippen molar-refractivity contribution >= 4 is 83.5 Å². The third kappa shape index (κ3) is 14.1. The SMILES string of the molecule is NCC(=O)c1ccc(CN(C(=O)C2CCS(=O)(=O)CC2)c2ccc(F)c(Cl)c2)c(F)c1.O=C(CNC(=O)C(F)F)c1ccc(CN(C(=O)C2CCS(=O)(=O)CC2)c2ccc(F)c(Cl)c2)c(F)c1. The van der Waals surface area contributed by atoms with E-state index in [-0.39, 0.29) is 112 Å². The van der Waals surface area contributed by atoms with Gasteiger partial charge in [0.1, 0.15) is 42.9 Å².